The normalized spacial score (nSPS) is 10.2. The molecule has 0 unspecified atom stereocenters. The quantitative estimate of drug-likeness (QED) is 0.358. The molecule has 0 rings (SSSR count). The van der Waals surface area contributed by atoms with Gasteiger partial charge in [0.25, 0.3) is 0 Å². The van der Waals surface area contributed by atoms with Crippen molar-refractivity contribution in [1.29, 1.82) is 0 Å². The van der Waals surface area contributed by atoms with Crippen LogP contribution < -0.4 is 0 Å². The van der Waals surface area contributed by atoms with E-state index < -0.39 is 11.5 Å². The number of hydrogen-bond acceptors (Lipinski definition) is 2. The molecule has 0 fully saturated rings. The van der Waals surface area contributed by atoms with E-state index in [-0.39, 0.29) is 0 Å². The summed E-state index contributed by atoms with van der Waals surface area (Å²) in [4.78, 5) is 15.3. The Morgan fingerprint density at radius 1 is 1.38 bits per heavy atom. The topological polar surface area (TPSA) is 30.7 Å². The highest BCUT2D eigenvalue weighted by atomic mass is 16.5. The van der Waals surface area contributed by atoms with Crippen molar-refractivity contribution in [3.05, 3.63) is 36.7 Å². The summed E-state index contributed by atoms with van der Waals surface area (Å²) in [6.45, 7) is 16.5. The Labute approximate surface area is 97.6 Å². The van der Waals surface area contributed by atoms with Crippen LogP contribution in [0.5, 0.6) is 0 Å². The van der Waals surface area contributed by atoms with Crippen LogP contribution >= 0.6 is 0 Å². The molecular formula is C13H19NO2. The average molecular weight is 221 g/mol. The molecule has 0 aliphatic rings. The molecule has 0 amide bonds. The van der Waals surface area contributed by atoms with Crippen molar-refractivity contribution in [2.24, 2.45) is 0 Å². The first-order valence-corrected chi connectivity index (χ1v) is 5.44. The van der Waals surface area contributed by atoms with E-state index in [2.05, 4.69) is 18.0 Å². The van der Waals surface area contributed by atoms with Crippen LogP contribution in [-0.2, 0) is 9.53 Å². The lowest BCUT2D eigenvalue weighted by atomic mass is 9.89. The number of ether oxygens (including phenoxy) is 1. The lowest BCUT2D eigenvalue weighted by Gasteiger charge is -2.18. The first kappa shape index (κ1) is 14.4. The Hall–Kier alpha value is -1.56. The molecule has 0 atom stereocenters. The highest BCUT2D eigenvalue weighted by Gasteiger charge is 2.45. The maximum atomic E-state index is 11.8. The smallest absolute Gasteiger partial charge is 0.393 e. The fourth-order valence-electron chi connectivity index (χ4n) is 1.43. The number of carbonyl (C=O) groups excluding carboxylic acids is 1. The molecule has 0 aromatic carbocycles. The molecule has 16 heavy (non-hydrogen) atoms. The van der Waals surface area contributed by atoms with Crippen molar-refractivity contribution in [3.63, 3.8) is 0 Å². The second-order valence-corrected chi connectivity index (χ2v) is 3.52. The van der Waals surface area contributed by atoms with E-state index in [0.29, 0.717) is 32.3 Å². The molecule has 0 aliphatic carbocycles. The zero-order chi connectivity index (χ0) is 12.4. The predicted molar refractivity (Wildman–Crippen MR) is 64.8 cm³/mol. The lowest BCUT2D eigenvalue weighted by Crippen LogP contribution is -2.36. The second kappa shape index (κ2) is 7.70. The van der Waals surface area contributed by atoms with E-state index in [4.69, 9.17) is 11.3 Å². The van der Waals surface area contributed by atoms with Gasteiger partial charge in [0.2, 0.25) is 0 Å². The van der Waals surface area contributed by atoms with E-state index in [1.54, 1.807) is 19.1 Å². The third kappa shape index (κ3) is 3.90. The van der Waals surface area contributed by atoms with Crippen LogP contribution in [0.2, 0.25) is 0 Å². The third-order valence-corrected chi connectivity index (χ3v) is 2.39. The average Bonchev–Trinajstić information content (AvgIpc) is 2.30. The molecule has 0 saturated carbocycles. The van der Waals surface area contributed by atoms with Gasteiger partial charge in [-0.1, -0.05) is 12.2 Å². The molecule has 0 N–H and O–H groups in total. The van der Waals surface area contributed by atoms with Crippen molar-refractivity contribution in [2.45, 2.75) is 38.1 Å². The van der Waals surface area contributed by atoms with E-state index in [1.165, 1.54) is 0 Å². The van der Waals surface area contributed by atoms with Gasteiger partial charge in [0.1, 0.15) is 0 Å². The minimum atomic E-state index is -1.06. The minimum Gasteiger partial charge on any atom is -0.460 e. The largest absolute Gasteiger partial charge is 0.460 e. The Morgan fingerprint density at radius 2 is 1.88 bits per heavy atom. The van der Waals surface area contributed by atoms with Crippen LogP contribution in [0.3, 0.4) is 0 Å². The fourth-order valence-corrected chi connectivity index (χ4v) is 1.43. The van der Waals surface area contributed by atoms with Gasteiger partial charge in [-0.05, 0) is 19.8 Å². The Bertz CT molecular complexity index is 277. The Kier molecular flexibility index (Phi) is 6.95. The van der Waals surface area contributed by atoms with Gasteiger partial charge in [-0.25, -0.2) is 11.4 Å². The van der Waals surface area contributed by atoms with E-state index >= 15 is 0 Å². The number of hydrogen-bond donors (Lipinski definition) is 0. The molecular weight excluding hydrogens is 202 g/mol. The summed E-state index contributed by atoms with van der Waals surface area (Å²) >= 11 is 0. The predicted octanol–water partition coefficient (Wildman–Crippen LogP) is 3.14. The molecule has 0 radical (unpaired) electrons. The number of carbonyl (C=O) groups is 1. The van der Waals surface area contributed by atoms with Gasteiger partial charge in [0.05, 0.1) is 6.61 Å². The molecule has 0 spiro atoms. The van der Waals surface area contributed by atoms with Crippen LogP contribution in [0.1, 0.15) is 32.6 Å². The van der Waals surface area contributed by atoms with E-state index in [0.717, 1.165) is 0 Å². The third-order valence-electron chi connectivity index (χ3n) is 2.39. The molecule has 0 heterocycles. The Balaban J connectivity index is 4.79. The summed E-state index contributed by atoms with van der Waals surface area (Å²) in [5.74, 6) is -0.422. The second-order valence-electron chi connectivity index (χ2n) is 3.52. The van der Waals surface area contributed by atoms with Gasteiger partial charge >= 0.3 is 11.5 Å². The summed E-state index contributed by atoms with van der Waals surface area (Å²) in [6.07, 6.45) is 5.64. The zero-order valence-electron chi connectivity index (χ0n) is 9.87. The van der Waals surface area contributed by atoms with Crippen LogP contribution in [-0.4, -0.2) is 18.1 Å². The van der Waals surface area contributed by atoms with Crippen LogP contribution in [0.4, 0.5) is 0 Å². The van der Waals surface area contributed by atoms with Gasteiger partial charge < -0.3 is 4.74 Å². The fraction of sp³-hybridized carbons (Fsp3) is 0.538. The number of esters is 1. The molecule has 0 saturated heterocycles. The molecule has 88 valence electrons. The van der Waals surface area contributed by atoms with Crippen LogP contribution in [0.15, 0.2) is 25.3 Å². The standard InChI is InChI=1S/C13H19NO2/c1-5-8-10-13(14-4,11-9-6-2)12(15)16-7-3/h5-6H,1-2,7-11H2,3H3. The lowest BCUT2D eigenvalue weighted by molar-refractivity contribution is -0.148. The van der Waals surface area contributed by atoms with Crippen molar-refractivity contribution >= 4 is 5.97 Å². The SMILES string of the molecule is [C-]#[N+]C(CCC=C)(CCC=C)C(=O)OCC. The summed E-state index contributed by atoms with van der Waals surface area (Å²) in [6, 6.07) is 0. The molecule has 0 bridgehead atoms. The number of allylic oxidation sites excluding steroid dienone is 2. The van der Waals surface area contributed by atoms with Gasteiger partial charge in [-0.2, -0.15) is 0 Å². The van der Waals surface area contributed by atoms with Crippen molar-refractivity contribution < 1.29 is 9.53 Å². The minimum absolute atomic E-state index is 0.304. The first-order valence-electron chi connectivity index (χ1n) is 5.44. The van der Waals surface area contributed by atoms with Gasteiger partial charge in [-0.3, -0.25) is 4.85 Å². The summed E-state index contributed by atoms with van der Waals surface area (Å²) in [5.41, 5.74) is -1.06. The molecule has 3 heteroatoms. The number of rotatable bonds is 8. The van der Waals surface area contributed by atoms with Gasteiger partial charge in [0, 0.05) is 12.8 Å². The highest BCUT2D eigenvalue weighted by molar-refractivity contribution is 5.83. The zero-order valence-corrected chi connectivity index (χ0v) is 9.87. The summed E-state index contributed by atoms with van der Waals surface area (Å²) in [5, 5.41) is 0. The van der Waals surface area contributed by atoms with Crippen molar-refractivity contribution in [3.8, 4) is 0 Å². The Morgan fingerprint density at radius 3 is 2.19 bits per heavy atom. The number of nitrogens with zero attached hydrogens (tertiary/aromatic N) is 1. The van der Waals surface area contributed by atoms with E-state index in [1.807, 2.05) is 0 Å². The van der Waals surface area contributed by atoms with Crippen molar-refractivity contribution in [2.75, 3.05) is 6.61 Å². The maximum absolute atomic E-state index is 11.8. The van der Waals surface area contributed by atoms with Crippen molar-refractivity contribution in [1.82, 2.24) is 0 Å². The summed E-state index contributed by atoms with van der Waals surface area (Å²) in [7, 11) is 0. The molecule has 0 aromatic rings. The van der Waals surface area contributed by atoms with Gasteiger partial charge in [0.15, 0.2) is 0 Å². The van der Waals surface area contributed by atoms with E-state index in [9.17, 15) is 4.79 Å². The first-order chi connectivity index (χ1) is 7.66. The summed E-state index contributed by atoms with van der Waals surface area (Å²) < 4.78 is 4.97. The maximum Gasteiger partial charge on any atom is 0.393 e. The monoisotopic (exact) mass is 221 g/mol. The van der Waals surface area contributed by atoms with Crippen LogP contribution in [0.25, 0.3) is 4.85 Å². The molecule has 3 nitrogen and oxygen atoms in total. The molecule has 0 aliphatic heterocycles. The van der Waals surface area contributed by atoms with Gasteiger partial charge in [-0.15, -0.1) is 13.2 Å². The highest BCUT2D eigenvalue weighted by Crippen LogP contribution is 2.27. The molecule has 0 aromatic heterocycles. The van der Waals surface area contributed by atoms with Crippen LogP contribution in [0, 0.1) is 6.57 Å².